The molecule has 0 aliphatic carbocycles. The first kappa shape index (κ1) is 7.91. The Morgan fingerprint density at radius 3 is 3.08 bits per heavy atom. The molecule has 0 fully saturated rings. The lowest BCUT2D eigenvalue weighted by Crippen LogP contribution is -1.98. The predicted molar refractivity (Wildman–Crippen MR) is 51.1 cm³/mol. The van der Waals surface area contributed by atoms with E-state index in [1.807, 2.05) is 13.0 Å². The average Bonchev–Trinajstić information content (AvgIpc) is 2.17. The van der Waals surface area contributed by atoms with Gasteiger partial charge in [0.2, 0.25) is 0 Å². The summed E-state index contributed by atoms with van der Waals surface area (Å²) in [4.78, 5) is 12.1. The van der Waals surface area contributed by atoms with Crippen molar-refractivity contribution in [1.29, 1.82) is 0 Å². The van der Waals surface area contributed by atoms with Gasteiger partial charge in [-0.15, -0.1) is 0 Å². The normalized spacial score (nSPS) is 10.5. The van der Waals surface area contributed by atoms with Crippen molar-refractivity contribution in [2.24, 2.45) is 0 Å². The number of anilines is 1. The molecule has 4 nitrogen and oxygen atoms in total. The molecule has 0 saturated heterocycles. The van der Waals surface area contributed by atoms with Crippen molar-refractivity contribution >= 4 is 16.9 Å². The molecule has 2 N–H and O–H groups in total. The van der Waals surface area contributed by atoms with Gasteiger partial charge in [-0.2, -0.15) is 0 Å². The lowest BCUT2D eigenvalue weighted by molar-refractivity contribution is 1.11. The second-order valence-corrected chi connectivity index (χ2v) is 2.82. The van der Waals surface area contributed by atoms with Crippen molar-refractivity contribution in [2.75, 3.05) is 5.73 Å². The quantitative estimate of drug-likeness (QED) is 0.704. The Kier molecular flexibility index (Phi) is 1.81. The molecule has 0 unspecified atom stereocenters. The van der Waals surface area contributed by atoms with Gasteiger partial charge < -0.3 is 5.73 Å². The van der Waals surface area contributed by atoms with Crippen LogP contribution in [0.1, 0.15) is 12.5 Å². The Labute approximate surface area is 75.8 Å². The van der Waals surface area contributed by atoms with Crippen LogP contribution in [0.5, 0.6) is 0 Å². The standard InChI is InChI=1S/C9H10N4/c1-2-6-3-7-4-11-5-12-9(7)13-8(6)10/h3-5H,2H2,1H3,(H2,10,11,12,13). The average molecular weight is 174 g/mol. The van der Waals surface area contributed by atoms with Crippen molar-refractivity contribution in [3.63, 3.8) is 0 Å². The van der Waals surface area contributed by atoms with Crippen LogP contribution in [-0.2, 0) is 6.42 Å². The molecule has 0 spiro atoms. The van der Waals surface area contributed by atoms with Crippen LogP contribution in [-0.4, -0.2) is 15.0 Å². The minimum Gasteiger partial charge on any atom is -0.383 e. The number of aromatic nitrogens is 3. The molecule has 66 valence electrons. The number of fused-ring (bicyclic) bond motifs is 1. The van der Waals surface area contributed by atoms with Crippen LogP contribution in [0.25, 0.3) is 11.0 Å². The zero-order valence-electron chi connectivity index (χ0n) is 7.36. The highest BCUT2D eigenvalue weighted by Gasteiger charge is 2.01. The summed E-state index contributed by atoms with van der Waals surface area (Å²) in [6, 6.07) is 1.98. The summed E-state index contributed by atoms with van der Waals surface area (Å²) < 4.78 is 0. The molecule has 0 saturated carbocycles. The number of nitrogen functional groups attached to an aromatic ring is 1. The number of nitrogens with two attached hydrogens (primary N) is 1. The Bertz CT molecular complexity index is 439. The Hall–Kier alpha value is -1.71. The van der Waals surface area contributed by atoms with Crippen LogP contribution < -0.4 is 5.73 Å². The fourth-order valence-corrected chi connectivity index (χ4v) is 1.26. The van der Waals surface area contributed by atoms with Gasteiger partial charge in [0.05, 0.1) is 0 Å². The molecule has 0 radical (unpaired) electrons. The summed E-state index contributed by atoms with van der Waals surface area (Å²) in [5.41, 5.74) is 7.43. The predicted octanol–water partition coefficient (Wildman–Crippen LogP) is 1.17. The summed E-state index contributed by atoms with van der Waals surface area (Å²) >= 11 is 0. The zero-order chi connectivity index (χ0) is 9.26. The molecule has 0 bridgehead atoms. The third-order valence-corrected chi connectivity index (χ3v) is 1.98. The number of rotatable bonds is 1. The van der Waals surface area contributed by atoms with Crippen LogP contribution in [0.3, 0.4) is 0 Å². The molecular weight excluding hydrogens is 164 g/mol. The van der Waals surface area contributed by atoms with Crippen molar-refractivity contribution in [2.45, 2.75) is 13.3 Å². The molecule has 0 atom stereocenters. The smallest absolute Gasteiger partial charge is 0.164 e. The fourth-order valence-electron chi connectivity index (χ4n) is 1.26. The number of hydrogen-bond acceptors (Lipinski definition) is 4. The summed E-state index contributed by atoms with van der Waals surface area (Å²) in [5.74, 6) is 0.564. The molecule has 0 aromatic carbocycles. The lowest BCUT2D eigenvalue weighted by Gasteiger charge is -2.02. The second-order valence-electron chi connectivity index (χ2n) is 2.82. The maximum atomic E-state index is 5.73. The maximum absolute atomic E-state index is 5.73. The van der Waals surface area contributed by atoms with Crippen molar-refractivity contribution in [1.82, 2.24) is 15.0 Å². The fraction of sp³-hybridized carbons (Fsp3) is 0.222. The summed E-state index contributed by atoms with van der Waals surface area (Å²) in [6.45, 7) is 2.04. The molecule has 2 aromatic heterocycles. The number of aryl methyl sites for hydroxylation is 1. The van der Waals surface area contributed by atoms with Gasteiger partial charge in [0.1, 0.15) is 12.1 Å². The first-order valence-electron chi connectivity index (χ1n) is 4.16. The number of nitrogens with zero attached hydrogens (tertiary/aromatic N) is 3. The van der Waals surface area contributed by atoms with Gasteiger partial charge in [-0.25, -0.2) is 15.0 Å². The molecule has 2 rings (SSSR count). The SMILES string of the molecule is CCc1cc2cncnc2nc1N. The third-order valence-electron chi connectivity index (χ3n) is 1.98. The van der Waals surface area contributed by atoms with Gasteiger partial charge in [-0.3, -0.25) is 0 Å². The Morgan fingerprint density at radius 2 is 2.31 bits per heavy atom. The Morgan fingerprint density at radius 1 is 1.46 bits per heavy atom. The van der Waals surface area contributed by atoms with Crippen LogP contribution in [0.15, 0.2) is 18.6 Å². The van der Waals surface area contributed by atoms with Gasteiger partial charge in [0.15, 0.2) is 5.65 Å². The lowest BCUT2D eigenvalue weighted by atomic mass is 10.2. The number of pyridine rings is 1. The van der Waals surface area contributed by atoms with Crippen LogP contribution in [0, 0.1) is 0 Å². The topological polar surface area (TPSA) is 64.7 Å². The van der Waals surface area contributed by atoms with Crippen LogP contribution in [0.2, 0.25) is 0 Å². The van der Waals surface area contributed by atoms with Crippen molar-refractivity contribution in [3.05, 3.63) is 24.2 Å². The summed E-state index contributed by atoms with van der Waals surface area (Å²) in [7, 11) is 0. The second kappa shape index (κ2) is 2.97. The molecule has 2 heterocycles. The van der Waals surface area contributed by atoms with E-state index in [1.54, 1.807) is 6.20 Å². The molecule has 4 heteroatoms. The van der Waals surface area contributed by atoms with Gasteiger partial charge in [0, 0.05) is 11.6 Å². The summed E-state index contributed by atoms with van der Waals surface area (Å²) in [5, 5.41) is 0.938. The largest absolute Gasteiger partial charge is 0.383 e. The minimum absolute atomic E-state index is 0.564. The van der Waals surface area contributed by atoms with E-state index >= 15 is 0 Å². The third kappa shape index (κ3) is 1.30. The molecule has 0 amide bonds. The van der Waals surface area contributed by atoms with Gasteiger partial charge in [0.25, 0.3) is 0 Å². The highest BCUT2D eigenvalue weighted by Crippen LogP contribution is 2.15. The highest BCUT2D eigenvalue weighted by molar-refractivity contribution is 5.76. The van der Waals surface area contributed by atoms with E-state index in [2.05, 4.69) is 15.0 Å². The molecule has 2 aromatic rings. The van der Waals surface area contributed by atoms with E-state index in [0.717, 1.165) is 17.4 Å². The van der Waals surface area contributed by atoms with Gasteiger partial charge >= 0.3 is 0 Å². The molecular formula is C9H10N4. The molecule has 0 aliphatic heterocycles. The van der Waals surface area contributed by atoms with E-state index < -0.39 is 0 Å². The van der Waals surface area contributed by atoms with Gasteiger partial charge in [-0.05, 0) is 18.1 Å². The highest BCUT2D eigenvalue weighted by atomic mass is 14.9. The molecule has 0 aliphatic rings. The van der Waals surface area contributed by atoms with Gasteiger partial charge in [-0.1, -0.05) is 6.92 Å². The first-order chi connectivity index (χ1) is 6.31. The molecule has 13 heavy (non-hydrogen) atoms. The zero-order valence-corrected chi connectivity index (χ0v) is 7.36. The number of hydrogen-bond donors (Lipinski definition) is 1. The van der Waals surface area contributed by atoms with E-state index in [0.29, 0.717) is 11.5 Å². The minimum atomic E-state index is 0.564. The van der Waals surface area contributed by atoms with Crippen molar-refractivity contribution in [3.8, 4) is 0 Å². The van der Waals surface area contributed by atoms with Crippen molar-refractivity contribution < 1.29 is 0 Å². The maximum Gasteiger partial charge on any atom is 0.164 e. The van der Waals surface area contributed by atoms with Crippen LogP contribution in [0.4, 0.5) is 5.82 Å². The van der Waals surface area contributed by atoms with Crippen LogP contribution >= 0.6 is 0 Å². The van der Waals surface area contributed by atoms with E-state index in [9.17, 15) is 0 Å². The Balaban J connectivity index is 2.74. The monoisotopic (exact) mass is 174 g/mol. The van der Waals surface area contributed by atoms with E-state index in [1.165, 1.54) is 6.33 Å². The van der Waals surface area contributed by atoms with E-state index in [-0.39, 0.29) is 0 Å². The van der Waals surface area contributed by atoms with E-state index in [4.69, 9.17) is 5.73 Å². The first-order valence-corrected chi connectivity index (χ1v) is 4.16. The summed E-state index contributed by atoms with van der Waals surface area (Å²) in [6.07, 6.45) is 4.10.